The Balaban J connectivity index is 2.92. The van der Waals surface area contributed by atoms with Crippen molar-refractivity contribution in [2.75, 3.05) is 14.2 Å². The summed E-state index contributed by atoms with van der Waals surface area (Å²) in [5, 5.41) is 1.00. The number of halogens is 2. The Morgan fingerprint density at radius 3 is 2.87 bits per heavy atom. The van der Waals surface area contributed by atoms with Crippen molar-refractivity contribution < 1.29 is 14.0 Å². The lowest BCUT2D eigenvalue weighted by atomic mass is 9.93. The van der Waals surface area contributed by atoms with Crippen molar-refractivity contribution in [3.05, 3.63) is 23.8 Å². The second-order valence-corrected chi connectivity index (χ2v) is 5.19. The number of hydrogen-bond donors (Lipinski definition) is 0. The first-order valence-electron chi connectivity index (χ1n) is 4.44. The summed E-state index contributed by atoms with van der Waals surface area (Å²) in [5.41, 5.74) is 0.0845. The molecule has 1 rings (SSSR count). The number of hydrogen-bond acceptors (Lipinski definition) is 2. The number of allylic oxidation sites excluding steroid dienone is 3. The fourth-order valence-corrected chi connectivity index (χ4v) is 1.66. The van der Waals surface area contributed by atoms with Crippen LogP contribution in [0.25, 0.3) is 0 Å². The molecular formula is C10H13BrFNO2. The average molecular weight is 278 g/mol. The second-order valence-electron chi connectivity index (χ2n) is 3.48. The van der Waals surface area contributed by atoms with Gasteiger partial charge in [0, 0.05) is 7.05 Å². The van der Waals surface area contributed by atoms with Gasteiger partial charge in [-0.05, 0) is 6.92 Å². The maximum absolute atomic E-state index is 13.9. The zero-order chi connectivity index (χ0) is 11.6. The molecule has 0 bridgehead atoms. The van der Waals surface area contributed by atoms with Gasteiger partial charge in [-0.25, -0.2) is 9.45 Å². The lowest BCUT2D eigenvalue weighted by molar-refractivity contribution is -0.164. The van der Waals surface area contributed by atoms with Gasteiger partial charge in [0.05, 0.1) is 17.0 Å². The fourth-order valence-electron chi connectivity index (χ4n) is 1.26. The smallest absolute Gasteiger partial charge is 0.274 e. The average Bonchev–Trinajstić information content (AvgIpc) is 2.20. The third kappa shape index (κ3) is 2.46. The van der Waals surface area contributed by atoms with Crippen LogP contribution in [-0.4, -0.2) is 35.6 Å². The molecule has 1 aliphatic carbocycles. The highest BCUT2D eigenvalue weighted by Crippen LogP contribution is 2.34. The van der Waals surface area contributed by atoms with Gasteiger partial charge in [-0.15, -0.1) is 0 Å². The molecule has 1 aliphatic rings. The van der Waals surface area contributed by atoms with Gasteiger partial charge >= 0.3 is 0 Å². The number of rotatable bonds is 2. The summed E-state index contributed by atoms with van der Waals surface area (Å²) >= 11 is 3.22. The molecule has 0 aromatic heterocycles. The topological polar surface area (TPSA) is 29.5 Å². The Bertz CT molecular complexity index is 325. The zero-order valence-electron chi connectivity index (χ0n) is 8.83. The van der Waals surface area contributed by atoms with Crippen molar-refractivity contribution in [1.29, 1.82) is 0 Å². The Hall–Kier alpha value is -0.680. The summed E-state index contributed by atoms with van der Waals surface area (Å²) < 4.78 is 13.1. The van der Waals surface area contributed by atoms with E-state index in [1.807, 2.05) is 0 Å². The SMILES string of the molecule is CON(C)C(=O)C1=CC=CC(C)(Br)C1F. The molecule has 0 saturated heterocycles. The van der Waals surface area contributed by atoms with Gasteiger partial charge in [0.2, 0.25) is 0 Å². The number of carbonyl (C=O) groups is 1. The molecule has 0 heterocycles. The third-order valence-electron chi connectivity index (χ3n) is 2.27. The van der Waals surface area contributed by atoms with E-state index in [1.54, 1.807) is 19.1 Å². The minimum atomic E-state index is -1.38. The van der Waals surface area contributed by atoms with Gasteiger partial charge in [-0.1, -0.05) is 34.2 Å². The molecule has 84 valence electrons. The highest BCUT2D eigenvalue weighted by Gasteiger charge is 2.37. The number of nitrogens with zero attached hydrogens (tertiary/aromatic N) is 1. The van der Waals surface area contributed by atoms with Crippen LogP contribution in [0.1, 0.15) is 6.92 Å². The monoisotopic (exact) mass is 277 g/mol. The molecule has 2 atom stereocenters. The first-order chi connectivity index (χ1) is 6.90. The van der Waals surface area contributed by atoms with Crippen LogP contribution in [0, 0.1) is 0 Å². The van der Waals surface area contributed by atoms with Crippen LogP contribution in [0.3, 0.4) is 0 Å². The number of carbonyl (C=O) groups excluding carboxylic acids is 1. The van der Waals surface area contributed by atoms with E-state index in [-0.39, 0.29) is 5.57 Å². The Kier molecular flexibility index (Phi) is 3.67. The number of hydroxylamine groups is 2. The van der Waals surface area contributed by atoms with E-state index in [9.17, 15) is 9.18 Å². The van der Waals surface area contributed by atoms with E-state index >= 15 is 0 Å². The lowest BCUT2D eigenvalue weighted by Gasteiger charge is -2.28. The van der Waals surface area contributed by atoms with E-state index in [0.29, 0.717) is 0 Å². The molecule has 0 N–H and O–H groups in total. The van der Waals surface area contributed by atoms with Crippen LogP contribution in [0.4, 0.5) is 4.39 Å². The standard InChI is InChI=1S/C10H13BrFNO2/c1-10(11)6-4-5-7(8(10)12)9(14)13(2)15-3/h4-6,8H,1-3H3. The Morgan fingerprint density at radius 1 is 1.73 bits per heavy atom. The van der Waals surface area contributed by atoms with Crippen LogP contribution in [0.15, 0.2) is 23.8 Å². The molecule has 0 aliphatic heterocycles. The highest BCUT2D eigenvalue weighted by atomic mass is 79.9. The third-order valence-corrected chi connectivity index (χ3v) is 2.94. The van der Waals surface area contributed by atoms with Gasteiger partial charge in [-0.3, -0.25) is 9.63 Å². The predicted octanol–water partition coefficient (Wildman–Crippen LogP) is 1.99. The van der Waals surface area contributed by atoms with Crippen molar-refractivity contribution in [3.63, 3.8) is 0 Å². The molecule has 0 aromatic rings. The quantitative estimate of drug-likeness (QED) is 0.571. The molecule has 1 amide bonds. The summed E-state index contributed by atoms with van der Waals surface area (Å²) in [6.07, 6.45) is 3.40. The van der Waals surface area contributed by atoms with Gasteiger partial charge in [-0.2, -0.15) is 0 Å². The van der Waals surface area contributed by atoms with Crippen LogP contribution in [-0.2, 0) is 9.63 Å². The zero-order valence-corrected chi connectivity index (χ0v) is 10.4. The Labute approximate surface area is 96.7 Å². The van der Waals surface area contributed by atoms with Crippen LogP contribution in [0.2, 0.25) is 0 Å². The number of likely N-dealkylation sites (N-methyl/N-ethyl adjacent to an activating group) is 1. The van der Waals surface area contributed by atoms with Crippen LogP contribution in [0.5, 0.6) is 0 Å². The normalized spacial score (nSPS) is 29.9. The summed E-state index contributed by atoms with van der Waals surface area (Å²) in [5.74, 6) is -0.472. The van der Waals surface area contributed by atoms with E-state index in [1.165, 1.54) is 20.2 Å². The predicted molar refractivity (Wildman–Crippen MR) is 59.2 cm³/mol. The summed E-state index contributed by atoms with van der Waals surface area (Å²) in [6, 6.07) is 0. The number of alkyl halides is 2. The van der Waals surface area contributed by atoms with Gasteiger partial charge in [0.1, 0.15) is 6.17 Å². The maximum atomic E-state index is 13.9. The van der Waals surface area contributed by atoms with Crippen LogP contribution < -0.4 is 0 Å². The molecule has 15 heavy (non-hydrogen) atoms. The molecular weight excluding hydrogens is 265 g/mol. The summed E-state index contributed by atoms with van der Waals surface area (Å²) in [4.78, 5) is 16.4. The molecule has 0 fully saturated rings. The summed E-state index contributed by atoms with van der Waals surface area (Å²) in [6.45, 7) is 1.67. The molecule has 5 heteroatoms. The fraction of sp³-hybridized carbons (Fsp3) is 0.500. The van der Waals surface area contributed by atoms with E-state index in [4.69, 9.17) is 4.84 Å². The lowest BCUT2D eigenvalue weighted by Crippen LogP contribution is -2.38. The first kappa shape index (κ1) is 12.4. The van der Waals surface area contributed by atoms with Gasteiger partial charge < -0.3 is 0 Å². The second kappa shape index (κ2) is 4.45. The highest BCUT2D eigenvalue weighted by molar-refractivity contribution is 9.10. The molecule has 0 spiro atoms. The van der Waals surface area contributed by atoms with Crippen LogP contribution >= 0.6 is 15.9 Å². The maximum Gasteiger partial charge on any atom is 0.276 e. The molecule has 3 nitrogen and oxygen atoms in total. The van der Waals surface area contributed by atoms with E-state index in [2.05, 4.69) is 15.9 Å². The van der Waals surface area contributed by atoms with E-state index < -0.39 is 16.4 Å². The minimum Gasteiger partial charge on any atom is -0.274 e. The molecule has 0 saturated carbocycles. The summed E-state index contributed by atoms with van der Waals surface area (Å²) in [7, 11) is 2.80. The number of amides is 1. The largest absolute Gasteiger partial charge is 0.276 e. The van der Waals surface area contributed by atoms with Gasteiger partial charge in [0.15, 0.2) is 0 Å². The van der Waals surface area contributed by atoms with Crippen molar-refractivity contribution in [2.24, 2.45) is 0 Å². The molecule has 2 unspecified atom stereocenters. The minimum absolute atomic E-state index is 0.0845. The van der Waals surface area contributed by atoms with Crippen molar-refractivity contribution >= 4 is 21.8 Å². The van der Waals surface area contributed by atoms with E-state index in [0.717, 1.165) is 5.06 Å². The molecule has 0 radical (unpaired) electrons. The van der Waals surface area contributed by atoms with Crippen molar-refractivity contribution in [3.8, 4) is 0 Å². The Morgan fingerprint density at radius 2 is 2.33 bits per heavy atom. The van der Waals surface area contributed by atoms with Gasteiger partial charge in [0.25, 0.3) is 5.91 Å². The van der Waals surface area contributed by atoms with Crippen molar-refractivity contribution in [1.82, 2.24) is 5.06 Å². The van der Waals surface area contributed by atoms with Crippen molar-refractivity contribution in [2.45, 2.75) is 17.4 Å². The first-order valence-corrected chi connectivity index (χ1v) is 5.24. The molecule has 0 aromatic carbocycles.